The van der Waals surface area contributed by atoms with Crippen LogP contribution in [0, 0.1) is 20.2 Å². The Kier molecular flexibility index (Phi) is 7.90. The van der Waals surface area contributed by atoms with Crippen molar-refractivity contribution in [3.05, 3.63) is 86.5 Å². The van der Waals surface area contributed by atoms with Gasteiger partial charge in [-0.3, -0.25) is 25.0 Å². The molecular formula is C23H17N5O7S2. The number of fused-ring (bicyclic) bond motifs is 1. The molecule has 0 aliphatic carbocycles. The lowest BCUT2D eigenvalue weighted by Gasteiger charge is -2.11. The van der Waals surface area contributed by atoms with Crippen LogP contribution in [-0.2, 0) is 4.79 Å². The van der Waals surface area contributed by atoms with Crippen molar-refractivity contribution in [1.82, 2.24) is 10.4 Å². The maximum absolute atomic E-state index is 12.2. The van der Waals surface area contributed by atoms with Gasteiger partial charge in [-0.25, -0.2) is 10.4 Å². The van der Waals surface area contributed by atoms with E-state index in [0.717, 1.165) is 32.8 Å². The molecule has 12 nitrogen and oxygen atoms in total. The SMILES string of the molecule is COc1ccc(/C=N\NC(=O)CSc2nc3ccccc3s2)cc1Oc1ccc([N+](=O)[O-])cc1[N+](=O)[O-]. The van der Waals surface area contributed by atoms with Gasteiger partial charge in [-0.2, -0.15) is 5.10 Å². The highest BCUT2D eigenvalue weighted by Crippen LogP contribution is 2.38. The van der Waals surface area contributed by atoms with E-state index in [1.165, 1.54) is 42.5 Å². The van der Waals surface area contributed by atoms with Crippen LogP contribution in [0.4, 0.5) is 11.4 Å². The molecule has 0 bridgehead atoms. The maximum atomic E-state index is 12.2. The van der Waals surface area contributed by atoms with Crippen molar-refractivity contribution in [2.75, 3.05) is 12.9 Å². The van der Waals surface area contributed by atoms with Crippen LogP contribution in [-0.4, -0.2) is 39.8 Å². The van der Waals surface area contributed by atoms with E-state index in [-0.39, 0.29) is 28.9 Å². The molecule has 1 N–H and O–H groups in total. The van der Waals surface area contributed by atoms with E-state index in [1.54, 1.807) is 12.1 Å². The number of nitro benzene ring substituents is 2. The van der Waals surface area contributed by atoms with Crippen LogP contribution >= 0.6 is 23.1 Å². The van der Waals surface area contributed by atoms with Crippen molar-refractivity contribution in [2.24, 2.45) is 5.10 Å². The molecule has 1 heterocycles. The Hall–Kier alpha value is -4.56. The molecule has 1 aromatic heterocycles. The van der Waals surface area contributed by atoms with Crippen molar-refractivity contribution in [1.29, 1.82) is 0 Å². The highest BCUT2D eigenvalue weighted by molar-refractivity contribution is 8.01. The Labute approximate surface area is 217 Å². The lowest BCUT2D eigenvalue weighted by Crippen LogP contribution is -2.19. The smallest absolute Gasteiger partial charge is 0.318 e. The summed E-state index contributed by atoms with van der Waals surface area (Å²) in [4.78, 5) is 37.5. The summed E-state index contributed by atoms with van der Waals surface area (Å²) in [5.74, 6) is -0.0323. The van der Waals surface area contributed by atoms with Gasteiger partial charge in [-0.1, -0.05) is 23.9 Å². The van der Waals surface area contributed by atoms with E-state index < -0.39 is 21.2 Å². The van der Waals surface area contributed by atoms with Gasteiger partial charge in [0.1, 0.15) is 0 Å². The Balaban J connectivity index is 1.42. The summed E-state index contributed by atoms with van der Waals surface area (Å²) < 4.78 is 12.7. The number of aromatic nitrogens is 1. The Morgan fingerprint density at radius 1 is 1.08 bits per heavy atom. The minimum atomic E-state index is -0.776. The van der Waals surface area contributed by atoms with Gasteiger partial charge in [0.25, 0.3) is 11.6 Å². The van der Waals surface area contributed by atoms with Crippen molar-refractivity contribution in [3.63, 3.8) is 0 Å². The average Bonchev–Trinajstić information content (AvgIpc) is 3.31. The number of thioether (sulfide) groups is 1. The monoisotopic (exact) mass is 539 g/mol. The summed E-state index contributed by atoms with van der Waals surface area (Å²) in [6.07, 6.45) is 1.37. The maximum Gasteiger partial charge on any atom is 0.318 e. The molecule has 0 saturated heterocycles. The molecule has 0 fully saturated rings. The number of rotatable bonds is 10. The average molecular weight is 540 g/mol. The molecular weight excluding hydrogens is 522 g/mol. The second kappa shape index (κ2) is 11.5. The van der Waals surface area contributed by atoms with E-state index >= 15 is 0 Å². The van der Waals surface area contributed by atoms with E-state index in [0.29, 0.717) is 5.56 Å². The van der Waals surface area contributed by atoms with Crippen LogP contribution in [0.1, 0.15) is 5.56 Å². The third-order valence-electron chi connectivity index (χ3n) is 4.76. The molecule has 0 aliphatic heterocycles. The van der Waals surface area contributed by atoms with Crippen molar-refractivity contribution in [3.8, 4) is 17.2 Å². The van der Waals surface area contributed by atoms with Crippen LogP contribution < -0.4 is 14.9 Å². The van der Waals surface area contributed by atoms with Gasteiger partial charge >= 0.3 is 5.69 Å². The van der Waals surface area contributed by atoms with E-state index in [2.05, 4.69) is 15.5 Å². The first-order chi connectivity index (χ1) is 17.8. The normalized spacial score (nSPS) is 10.9. The Bertz CT molecular complexity index is 1490. The first kappa shape index (κ1) is 25.5. The number of hydrogen-bond acceptors (Lipinski definition) is 11. The second-order valence-electron chi connectivity index (χ2n) is 7.21. The molecule has 188 valence electrons. The van der Waals surface area contributed by atoms with E-state index in [4.69, 9.17) is 9.47 Å². The number of amides is 1. The topological polar surface area (TPSA) is 159 Å². The van der Waals surface area contributed by atoms with Crippen LogP contribution in [0.3, 0.4) is 0 Å². The number of nitro groups is 2. The Morgan fingerprint density at radius 3 is 2.59 bits per heavy atom. The van der Waals surface area contributed by atoms with Crippen molar-refractivity contribution < 1.29 is 24.1 Å². The fraction of sp³-hybridized carbons (Fsp3) is 0.0870. The van der Waals surface area contributed by atoms with E-state index in [1.807, 2.05) is 24.3 Å². The van der Waals surface area contributed by atoms with Gasteiger partial charge in [0.05, 0.1) is 45.2 Å². The number of methoxy groups -OCH3 is 1. The highest BCUT2D eigenvalue weighted by Gasteiger charge is 2.22. The number of carbonyl (C=O) groups excluding carboxylic acids is 1. The molecule has 0 spiro atoms. The summed E-state index contributed by atoms with van der Waals surface area (Å²) in [5.41, 5.74) is 2.80. The predicted molar refractivity (Wildman–Crippen MR) is 139 cm³/mol. The minimum Gasteiger partial charge on any atom is -0.493 e. The van der Waals surface area contributed by atoms with Gasteiger partial charge in [0, 0.05) is 6.07 Å². The number of nitrogens with zero attached hydrogens (tertiary/aromatic N) is 4. The van der Waals surface area contributed by atoms with Crippen molar-refractivity contribution >= 4 is 56.8 Å². The number of hydrazone groups is 1. The van der Waals surface area contributed by atoms with Crippen molar-refractivity contribution in [2.45, 2.75) is 4.34 Å². The third-order valence-corrected chi connectivity index (χ3v) is 6.94. The summed E-state index contributed by atoms with van der Waals surface area (Å²) in [7, 11) is 1.39. The number of benzene rings is 3. The molecule has 4 aromatic rings. The zero-order valence-corrected chi connectivity index (χ0v) is 20.7. The number of hydrogen-bond donors (Lipinski definition) is 1. The fourth-order valence-electron chi connectivity index (χ4n) is 3.07. The summed E-state index contributed by atoms with van der Waals surface area (Å²) in [6.45, 7) is 0. The van der Waals surface area contributed by atoms with Gasteiger partial charge in [0.15, 0.2) is 15.8 Å². The fourth-order valence-corrected chi connectivity index (χ4v) is 4.93. The molecule has 0 atom stereocenters. The van der Waals surface area contributed by atoms with Crippen LogP contribution in [0.15, 0.2) is 70.1 Å². The number of thiazole rings is 1. The third kappa shape index (κ3) is 6.36. The van der Waals surface area contributed by atoms with Gasteiger partial charge < -0.3 is 9.47 Å². The van der Waals surface area contributed by atoms with Gasteiger partial charge in [-0.05, 0) is 42.0 Å². The number of carbonyl (C=O) groups is 1. The Morgan fingerprint density at radius 2 is 1.86 bits per heavy atom. The lowest BCUT2D eigenvalue weighted by atomic mass is 10.2. The number of para-hydroxylation sites is 1. The second-order valence-corrected chi connectivity index (χ2v) is 9.46. The largest absolute Gasteiger partial charge is 0.493 e. The van der Waals surface area contributed by atoms with Crippen LogP contribution in [0.25, 0.3) is 10.2 Å². The first-order valence-corrected chi connectivity index (χ1v) is 12.2. The molecule has 14 heteroatoms. The predicted octanol–water partition coefficient (Wildman–Crippen LogP) is 5.16. The zero-order chi connectivity index (χ0) is 26.4. The molecule has 0 aliphatic rings. The molecule has 1 amide bonds. The number of non-ortho nitro benzene ring substituents is 1. The number of nitrogens with one attached hydrogen (secondary N) is 1. The first-order valence-electron chi connectivity index (χ1n) is 10.4. The molecule has 3 aromatic carbocycles. The molecule has 0 saturated carbocycles. The summed E-state index contributed by atoms with van der Waals surface area (Å²) in [5, 5.41) is 26.3. The van der Waals surface area contributed by atoms with E-state index in [9.17, 15) is 25.0 Å². The highest BCUT2D eigenvalue weighted by atomic mass is 32.2. The van der Waals surface area contributed by atoms with Crippen LogP contribution in [0.5, 0.6) is 17.2 Å². The summed E-state index contributed by atoms with van der Waals surface area (Å²) in [6, 6.07) is 15.5. The molecule has 0 radical (unpaired) electrons. The quantitative estimate of drug-likeness (QED) is 0.124. The summed E-state index contributed by atoms with van der Waals surface area (Å²) >= 11 is 2.81. The van der Waals surface area contributed by atoms with Gasteiger partial charge in [0.2, 0.25) is 5.75 Å². The molecule has 0 unspecified atom stereocenters. The standard InChI is InChI=1S/C23H17N5O7S2/c1-34-19-8-6-14(10-20(19)35-18-9-7-15(27(30)31)11-17(18)28(32)33)12-24-26-22(29)13-36-23-25-16-4-2-3-5-21(16)37-23/h2-12H,13H2,1H3,(H,26,29)/b24-12-. The van der Waals surface area contributed by atoms with Gasteiger partial charge in [-0.15, -0.1) is 11.3 Å². The minimum absolute atomic E-state index is 0.112. The molecule has 37 heavy (non-hydrogen) atoms. The zero-order valence-electron chi connectivity index (χ0n) is 19.0. The number of ether oxygens (including phenoxy) is 2. The lowest BCUT2D eigenvalue weighted by molar-refractivity contribution is -0.394. The molecule has 4 rings (SSSR count). The van der Waals surface area contributed by atoms with Crippen LogP contribution in [0.2, 0.25) is 0 Å².